The second-order valence-electron chi connectivity index (χ2n) is 4.90. The van der Waals surface area contributed by atoms with Crippen LogP contribution in [0.3, 0.4) is 0 Å². The van der Waals surface area contributed by atoms with E-state index >= 15 is 0 Å². The summed E-state index contributed by atoms with van der Waals surface area (Å²) in [5, 5.41) is 0. The van der Waals surface area contributed by atoms with Crippen LogP contribution >= 0.6 is 0 Å². The molecule has 0 radical (unpaired) electrons. The lowest BCUT2D eigenvalue weighted by Crippen LogP contribution is -2.31. The minimum atomic E-state index is 1.16. The Balaban J connectivity index is 1.98. The maximum atomic E-state index is 2.60. The van der Waals surface area contributed by atoms with Crippen LogP contribution < -0.4 is 0 Å². The molecule has 0 saturated carbocycles. The number of piperidine rings is 1. The molecule has 0 spiro atoms. The van der Waals surface area contributed by atoms with E-state index in [0.29, 0.717) is 0 Å². The molecule has 1 aliphatic rings. The Morgan fingerprint density at radius 2 is 1.82 bits per heavy atom. The van der Waals surface area contributed by atoms with Crippen LogP contribution in [0.1, 0.15) is 38.2 Å². The van der Waals surface area contributed by atoms with Gasteiger partial charge in [0.2, 0.25) is 0 Å². The molecule has 1 aliphatic heterocycles. The Kier molecular flexibility index (Phi) is 4.81. The van der Waals surface area contributed by atoms with Crippen LogP contribution in [0.2, 0.25) is 0 Å². The van der Waals surface area contributed by atoms with Crippen molar-refractivity contribution in [2.45, 2.75) is 32.6 Å². The molecule has 0 N–H and O–H groups in total. The summed E-state index contributed by atoms with van der Waals surface area (Å²) >= 11 is 0. The van der Waals surface area contributed by atoms with Gasteiger partial charge in [0.25, 0.3) is 0 Å². The quantitative estimate of drug-likeness (QED) is 0.755. The summed E-state index contributed by atoms with van der Waals surface area (Å²) in [4.78, 5) is 2.60. The van der Waals surface area contributed by atoms with Gasteiger partial charge in [-0.25, -0.2) is 0 Å². The number of rotatable bonds is 4. The predicted octanol–water partition coefficient (Wildman–Crippen LogP) is 3.97. The van der Waals surface area contributed by atoms with E-state index < -0.39 is 0 Å². The van der Waals surface area contributed by atoms with Crippen molar-refractivity contribution < 1.29 is 0 Å². The molecule has 0 atom stereocenters. The zero-order chi connectivity index (χ0) is 11.9. The molecular weight excluding hydrogens is 206 g/mol. The van der Waals surface area contributed by atoms with Gasteiger partial charge in [0, 0.05) is 6.54 Å². The van der Waals surface area contributed by atoms with Crippen LogP contribution in [0.5, 0.6) is 0 Å². The van der Waals surface area contributed by atoms with Crippen molar-refractivity contribution in [3.8, 4) is 0 Å². The standard InChI is InChI=1S/C16H23N/c1-2-15(13-16-9-5-3-6-10-16)14-17-11-7-4-8-12-17/h3,5-6,9-10,13H,2,4,7-8,11-12,14H2,1H3/b15-13+. The largest absolute Gasteiger partial charge is 0.299 e. The summed E-state index contributed by atoms with van der Waals surface area (Å²) in [7, 11) is 0. The van der Waals surface area contributed by atoms with Gasteiger partial charge in [0.15, 0.2) is 0 Å². The molecule has 92 valence electrons. The Morgan fingerprint density at radius 3 is 2.47 bits per heavy atom. The van der Waals surface area contributed by atoms with E-state index in [9.17, 15) is 0 Å². The number of hydrogen-bond acceptors (Lipinski definition) is 1. The molecule has 1 aromatic rings. The van der Waals surface area contributed by atoms with Gasteiger partial charge >= 0.3 is 0 Å². The van der Waals surface area contributed by atoms with Gasteiger partial charge in [0.05, 0.1) is 0 Å². The van der Waals surface area contributed by atoms with Crippen molar-refractivity contribution in [2.75, 3.05) is 19.6 Å². The van der Waals surface area contributed by atoms with Crippen molar-refractivity contribution in [3.05, 3.63) is 41.5 Å². The van der Waals surface area contributed by atoms with E-state index in [1.165, 1.54) is 37.9 Å². The van der Waals surface area contributed by atoms with Crippen molar-refractivity contribution in [1.29, 1.82) is 0 Å². The molecule has 1 heteroatoms. The molecular formula is C16H23N. The summed E-state index contributed by atoms with van der Waals surface area (Å²) in [5.74, 6) is 0. The molecule has 1 saturated heterocycles. The lowest BCUT2D eigenvalue weighted by molar-refractivity contribution is 0.245. The third kappa shape index (κ3) is 4.01. The third-order valence-corrected chi connectivity index (χ3v) is 3.50. The first-order valence-electron chi connectivity index (χ1n) is 6.85. The minimum absolute atomic E-state index is 1.16. The Labute approximate surface area is 105 Å². The molecule has 1 heterocycles. The van der Waals surface area contributed by atoms with Crippen molar-refractivity contribution in [3.63, 3.8) is 0 Å². The first-order valence-corrected chi connectivity index (χ1v) is 6.85. The van der Waals surface area contributed by atoms with Gasteiger partial charge in [-0.2, -0.15) is 0 Å². The fourth-order valence-corrected chi connectivity index (χ4v) is 2.45. The molecule has 0 aliphatic carbocycles. The molecule has 0 bridgehead atoms. The molecule has 0 amide bonds. The first-order chi connectivity index (χ1) is 8.38. The highest BCUT2D eigenvalue weighted by Gasteiger charge is 2.10. The molecule has 2 rings (SSSR count). The summed E-state index contributed by atoms with van der Waals surface area (Å²) < 4.78 is 0. The Morgan fingerprint density at radius 1 is 1.12 bits per heavy atom. The third-order valence-electron chi connectivity index (χ3n) is 3.50. The monoisotopic (exact) mass is 229 g/mol. The van der Waals surface area contributed by atoms with E-state index in [0.717, 1.165) is 13.0 Å². The summed E-state index contributed by atoms with van der Waals surface area (Å²) in [5.41, 5.74) is 2.89. The lowest BCUT2D eigenvalue weighted by atomic mass is 10.1. The molecule has 1 fully saturated rings. The smallest absolute Gasteiger partial charge is 0.0196 e. The van der Waals surface area contributed by atoms with E-state index in [4.69, 9.17) is 0 Å². The zero-order valence-electron chi connectivity index (χ0n) is 10.9. The van der Waals surface area contributed by atoms with E-state index in [-0.39, 0.29) is 0 Å². The summed E-state index contributed by atoms with van der Waals surface area (Å²) in [6, 6.07) is 10.7. The second-order valence-corrected chi connectivity index (χ2v) is 4.90. The van der Waals surface area contributed by atoms with Gasteiger partial charge in [-0.3, -0.25) is 4.90 Å². The minimum Gasteiger partial charge on any atom is -0.299 e. The average molecular weight is 229 g/mol. The molecule has 1 aromatic carbocycles. The lowest BCUT2D eigenvalue weighted by Gasteiger charge is -2.27. The number of hydrogen-bond donors (Lipinski definition) is 0. The topological polar surface area (TPSA) is 3.24 Å². The molecule has 17 heavy (non-hydrogen) atoms. The van der Waals surface area contributed by atoms with Gasteiger partial charge in [-0.1, -0.05) is 55.3 Å². The van der Waals surface area contributed by atoms with Gasteiger partial charge < -0.3 is 0 Å². The fraction of sp³-hybridized carbons (Fsp3) is 0.500. The van der Waals surface area contributed by atoms with Gasteiger partial charge in [-0.15, -0.1) is 0 Å². The van der Waals surface area contributed by atoms with Crippen molar-refractivity contribution in [1.82, 2.24) is 4.90 Å². The Bertz CT molecular complexity index is 347. The SMILES string of the molecule is CC/C(=C\c1ccccc1)CN1CCCCC1. The van der Waals surface area contributed by atoms with Crippen LogP contribution in [0, 0.1) is 0 Å². The normalized spacial score (nSPS) is 18.3. The number of nitrogens with zero attached hydrogens (tertiary/aromatic N) is 1. The van der Waals surface area contributed by atoms with Crippen LogP contribution in [-0.4, -0.2) is 24.5 Å². The van der Waals surface area contributed by atoms with Crippen molar-refractivity contribution >= 4 is 6.08 Å². The number of likely N-dealkylation sites (tertiary alicyclic amines) is 1. The van der Waals surface area contributed by atoms with Crippen molar-refractivity contribution in [2.24, 2.45) is 0 Å². The van der Waals surface area contributed by atoms with Crippen LogP contribution in [0.15, 0.2) is 35.9 Å². The molecule has 1 nitrogen and oxygen atoms in total. The molecule has 0 aromatic heterocycles. The number of benzene rings is 1. The van der Waals surface area contributed by atoms with Crippen LogP contribution in [0.4, 0.5) is 0 Å². The average Bonchev–Trinajstić information content (AvgIpc) is 2.40. The highest BCUT2D eigenvalue weighted by Crippen LogP contribution is 2.15. The molecule has 0 unspecified atom stereocenters. The van der Waals surface area contributed by atoms with E-state index in [1.54, 1.807) is 5.57 Å². The van der Waals surface area contributed by atoms with E-state index in [1.807, 2.05) is 0 Å². The maximum Gasteiger partial charge on any atom is 0.0196 e. The summed E-state index contributed by atoms with van der Waals surface area (Å²) in [6.45, 7) is 5.99. The Hall–Kier alpha value is -1.08. The highest BCUT2D eigenvalue weighted by molar-refractivity contribution is 5.52. The van der Waals surface area contributed by atoms with Crippen LogP contribution in [0.25, 0.3) is 6.08 Å². The first kappa shape index (κ1) is 12.4. The second kappa shape index (κ2) is 6.61. The zero-order valence-corrected chi connectivity index (χ0v) is 10.9. The van der Waals surface area contributed by atoms with E-state index in [2.05, 4.69) is 48.2 Å². The highest BCUT2D eigenvalue weighted by atomic mass is 15.1. The van der Waals surface area contributed by atoms with Gasteiger partial charge in [0.1, 0.15) is 0 Å². The maximum absolute atomic E-state index is 2.60. The van der Waals surface area contributed by atoms with Crippen LogP contribution in [-0.2, 0) is 0 Å². The fourth-order valence-electron chi connectivity index (χ4n) is 2.45. The summed E-state index contributed by atoms with van der Waals surface area (Å²) in [6.07, 6.45) is 7.69. The predicted molar refractivity (Wildman–Crippen MR) is 75.0 cm³/mol. The van der Waals surface area contributed by atoms with Gasteiger partial charge in [-0.05, 0) is 37.9 Å².